The molecule has 3 rings (SSSR count). The maximum Gasteiger partial charge on any atom is 0.324 e. The second kappa shape index (κ2) is 11.0. The van der Waals surface area contributed by atoms with Crippen molar-refractivity contribution in [1.29, 1.82) is 0 Å². The van der Waals surface area contributed by atoms with E-state index in [1.807, 2.05) is 44.2 Å². The van der Waals surface area contributed by atoms with Gasteiger partial charge in [0.05, 0.1) is 37.0 Å². The Morgan fingerprint density at radius 2 is 1.82 bits per heavy atom. The molecule has 33 heavy (non-hydrogen) atoms. The van der Waals surface area contributed by atoms with E-state index in [9.17, 15) is 13.2 Å². The summed E-state index contributed by atoms with van der Waals surface area (Å²) in [7, 11) is -2.82. The Bertz CT molecular complexity index is 1180. The van der Waals surface area contributed by atoms with Gasteiger partial charge in [-0.3, -0.25) is 4.79 Å². The Morgan fingerprint density at radius 1 is 1.15 bits per heavy atom. The van der Waals surface area contributed by atoms with E-state index in [1.54, 1.807) is 29.1 Å². The second-order valence-electron chi connectivity index (χ2n) is 7.73. The monoisotopic (exact) mass is 534 g/mol. The fourth-order valence-electron chi connectivity index (χ4n) is 3.51. The second-order valence-corrected chi connectivity index (χ2v) is 10.4. The van der Waals surface area contributed by atoms with E-state index < -0.39 is 22.0 Å². The number of carbonyl (C=O) groups is 1. The van der Waals surface area contributed by atoms with Crippen LogP contribution in [-0.4, -0.2) is 46.8 Å². The highest BCUT2D eigenvalue weighted by molar-refractivity contribution is 9.10. The summed E-state index contributed by atoms with van der Waals surface area (Å²) in [6.45, 7) is 4.11. The summed E-state index contributed by atoms with van der Waals surface area (Å²) < 4.78 is 35.8. The van der Waals surface area contributed by atoms with Gasteiger partial charge in [-0.1, -0.05) is 67.9 Å². The van der Waals surface area contributed by atoms with Crippen molar-refractivity contribution >= 4 is 31.9 Å². The zero-order valence-corrected chi connectivity index (χ0v) is 21.2. The number of sulfonamides is 1. The summed E-state index contributed by atoms with van der Waals surface area (Å²) in [5, 5.41) is 8.32. The number of ether oxygens (including phenoxy) is 1. The summed E-state index contributed by atoms with van der Waals surface area (Å²) in [5.74, 6) is -0.897. The lowest BCUT2D eigenvalue weighted by atomic mass is 9.99. The van der Waals surface area contributed by atoms with Crippen LogP contribution in [0.3, 0.4) is 0 Å². The number of aromatic nitrogens is 3. The van der Waals surface area contributed by atoms with Crippen LogP contribution in [0.1, 0.15) is 31.5 Å². The van der Waals surface area contributed by atoms with Gasteiger partial charge in [-0.15, -0.1) is 5.10 Å². The minimum absolute atomic E-state index is 0.0684. The van der Waals surface area contributed by atoms with Crippen molar-refractivity contribution in [3.05, 3.63) is 76.5 Å². The highest BCUT2D eigenvalue weighted by atomic mass is 79.9. The van der Waals surface area contributed by atoms with Crippen molar-refractivity contribution in [2.24, 2.45) is 5.92 Å². The lowest BCUT2D eigenvalue weighted by Crippen LogP contribution is -2.48. The standard InChI is InChI=1S/C23H27BrN4O4S/c1-4-17(2)22(23(29)32-3)28(33(30,31)21-13-9-8-12-20(21)24)16-19-15-27(26-25-19)14-18-10-6-5-7-11-18/h5-13,15,17,22H,4,14,16H2,1-3H3/t17?,22-/m0/s1. The smallest absolute Gasteiger partial charge is 0.324 e. The third-order valence-electron chi connectivity index (χ3n) is 5.45. The van der Waals surface area contributed by atoms with Gasteiger partial charge in [-0.05, 0) is 39.5 Å². The molecular weight excluding hydrogens is 508 g/mol. The normalized spacial score (nSPS) is 13.6. The van der Waals surface area contributed by atoms with E-state index in [0.717, 1.165) is 5.56 Å². The first-order valence-corrected chi connectivity index (χ1v) is 12.8. The Balaban J connectivity index is 2.00. The molecule has 0 radical (unpaired) electrons. The van der Waals surface area contributed by atoms with Gasteiger partial charge in [0.1, 0.15) is 6.04 Å². The van der Waals surface area contributed by atoms with Crippen LogP contribution in [0.5, 0.6) is 0 Å². The van der Waals surface area contributed by atoms with Crippen molar-refractivity contribution in [1.82, 2.24) is 19.3 Å². The third kappa shape index (κ3) is 5.87. The van der Waals surface area contributed by atoms with Gasteiger partial charge in [-0.25, -0.2) is 13.1 Å². The first-order valence-electron chi connectivity index (χ1n) is 10.5. The first-order chi connectivity index (χ1) is 15.8. The molecule has 0 saturated carbocycles. The van der Waals surface area contributed by atoms with Gasteiger partial charge in [0.2, 0.25) is 10.0 Å². The average molecular weight is 535 g/mol. The Morgan fingerprint density at radius 3 is 2.45 bits per heavy atom. The number of nitrogens with zero attached hydrogens (tertiary/aromatic N) is 4. The highest BCUT2D eigenvalue weighted by Gasteiger charge is 2.40. The van der Waals surface area contributed by atoms with Crippen LogP contribution in [0.15, 0.2) is 70.2 Å². The van der Waals surface area contributed by atoms with Crippen LogP contribution in [0.2, 0.25) is 0 Å². The molecule has 0 spiro atoms. The SMILES string of the molecule is CCC(C)[C@@H](C(=O)OC)N(Cc1cn(Cc2ccccc2)nn1)S(=O)(=O)c1ccccc1Br. The van der Waals surface area contributed by atoms with Crippen molar-refractivity contribution in [2.45, 2.75) is 44.3 Å². The molecule has 2 aromatic carbocycles. The van der Waals surface area contributed by atoms with Gasteiger partial charge < -0.3 is 4.74 Å². The Labute approximate surface area is 202 Å². The molecule has 3 aromatic rings. The van der Waals surface area contributed by atoms with Gasteiger partial charge in [0, 0.05) is 4.47 Å². The Kier molecular flexibility index (Phi) is 8.39. The number of halogens is 1. The van der Waals surface area contributed by atoms with Crippen LogP contribution < -0.4 is 0 Å². The van der Waals surface area contributed by atoms with E-state index >= 15 is 0 Å². The van der Waals surface area contributed by atoms with E-state index in [-0.39, 0.29) is 17.4 Å². The van der Waals surface area contributed by atoms with Crippen molar-refractivity contribution in [3.8, 4) is 0 Å². The fraction of sp³-hybridized carbons (Fsp3) is 0.348. The number of esters is 1. The predicted molar refractivity (Wildman–Crippen MR) is 128 cm³/mol. The molecule has 0 saturated heterocycles. The first kappa shape index (κ1) is 25.1. The zero-order valence-electron chi connectivity index (χ0n) is 18.8. The van der Waals surface area contributed by atoms with Crippen molar-refractivity contribution in [2.75, 3.05) is 7.11 Å². The van der Waals surface area contributed by atoms with Crippen LogP contribution in [-0.2, 0) is 32.6 Å². The zero-order chi connectivity index (χ0) is 24.0. The van der Waals surface area contributed by atoms with E-state index in [4.69, 9.17) is 4.74 Å². The van der Waals surface area contributed by atoms with Crippen LogP contribution in [0.4, 0.5) is 0 Å². The van der Waals surface area contributed by atoms with E-state index in [0.29, 0.717) is 23.1 Å². The summed E-state index contributed by atoms with van der Waals surface area (Å²) in [5.41, 5.74) is 1.47. The molecular formula is C23H27BrN4O4S. The summed E-state index contributed by atoms with van der Waals surface area (Å²) in [4.78, 5) is 12.8. The van der Waals surface area contributed by atoms with Gasteiger partial charge in [-0.2, -0.15) is 4.31 Å². The maximum absolute atomic E-state index is 13.8. The lowest BCUT2D eigenvalue weighted by Gasteiger charge is -2.32. The Hall–Kier alpha value is -2.56. The number of hydrogen-bond acceptors (Lipinski definition) is 6. The number of methoxy groups -OCH3 is 1. The summed E-state index contributed by atoms with van der Waals surface area (Å²) in [6.07, 6.45) is 2.28. The molecule has 1 heterocycles. The minimum Gasteiger partial charge on any atom is -0.468 e. The van der Waals surface area contributed by atoms with Crippen LogP contribution in [0.25, 0.3) is 0 Å². The molecule has 0 aliphatic heterocycles. The molecule has 1 unspecified atom stereocenters. The quantitative estimate of drug-likeness (QED) is 0.366. The van der Waals surface area contributed by atoms with Crippen LogP contribution >= 0.6 is 15.9 Å². The molecule has 1 aromatic heterocycles. The molecule has 0 bridgehead atoms. The highest BCUT2D eigenvalue weighted by Crippen LogP contribution is 2.30. The molecule has 0 aliphatic carbocycles. The van der Waals surface area contributed by atoms with Crippen molar-refractivity contribution < 1.29 is 17.9 Å². The largest absolute Gasteiger partial charge is 0.468 e. The maximum atomic E-state index is 13.8. The summed E-state index contributed by atoms with van der Waals surface area (Å²) >= 11 is 3.33. The molecule has 2 atom stereocenters. The number of hydrogen-bond donors (Lipinski definition) is 0. The lowest BCUT2D eigenvalue weighted by molar-refractivity contribution is -0.147. The average Bonchev–Trinajstić information content (AvgIpc) is 3.25. The molecule has 176 valence electrons. The molecule has 0 amide bonds. The molecule has 10 heteroatoms. The van der Waals surface area contributed by atoms with E-state index in [2.05, 4.69) is 26.2 Å². The molecule has 0 aliphatic rings. The minimum atomic E-state index is -4.08. The summed E-state index contributed by atoms with van der Waals surface area (Å²) in [6, 6.07) is 15.3. The molecule has 0 fully saturated rings. The van der Waals surface area contributed by atoms with E-state index in [1.165, 1.54) is 17.5 Å². The number of rotatable bonds is 10. The number of benzene rings is 2. The van der Waals surface area contributed by atoms with Gasteiger partial charge in [0.15, 0.2) is 0 Å². The fourth-order valence-corrected chi connectivity index (χ4v) is 6.12. The van der Waals surface area contributed by atoms with Crippen molar-refractivity contribution in [3.63, 3.8) is 0 Å². The molecule has 0 N–H and O–H groups in total. The predicted octanol–water partition coefficient (Wildman–Crippen LogP) is 3.87. The van der Waals surface area contributed by atoms with Gasteiger partial charge >= 0.3 is 5.97 Å². The van der Waals surface area contributed by atoms with Gasteiger partial charge in [0.25, 0.3) is 0 Å². The third-order valence-corrected chi connectivity index (χ3v) is 8.29. The topological polar surface area (TPSA) is 94.4 Å². The number of carbonyl (C=O) groups excluding carboxylic acids is 1. The molecule has 8 nitrogen and oxygen atoms in total. The van der Waals surface area contributed by atoms with Crippen LogP contribution in [0, 0.1) is 5.92 Å².